The molecule has 2 N–H and O–H groups in total. The van der Waals surface area contributed by atoms with Gasteiger partial charge in [0.15, 0.2) is 0 Å². The molecule has 0 radical (unpaired) electrons. The van der Waals surface area contributed by atoms with Gasteiger partial charge >= 0.3 is 5.97 Å². The van der Waals surface area contributed by atoms with Crippen molar-refractivity contribution in [1.82, 2.24) is 10.3 Å². The molecule has 0 bridgehead atoms. The summed E-state index contributed by atoms with van der Waals surface area (Å²) in [6.45, 7) is 9.34. The number of hydrogen-bond acceptors (Lipinski definition) is 5. The first-order chi connectivity index (χ1) is 15.2. The third-order valence-electron chi connectivity index (χ3n) is 4.95. The van der Waals surface area contributed by atoms with Gasteiger partial charge in [0, 0.05) is 18.3 Å². The Bertz CT molecular complexity index is 1100. The van der Waals surface area contributed by atoms with Crippen molar-refractivity contribution >= 4 is 23.2 Å². The number of hydrogen-bond donors (Lipinski definition) is 2. The van der Waals surface area contributed by atoms with Crippen molar-refractivity contribution in [3.05, 3.63) is 65.4 Å². The van der Waals surface area contributed by atoms with E-state index in [1.165, 1.54) is 0 Å². The van der Waals surface area contributed by atoms with Crippen LogP contribution in [0.15, 0.2) is 48.7 Å². The summed E-state index contributed by atoms with van der Waals surface area (Å²) in [4.78, 5) is 28.3. The molecule has 1 heterocycles. The van der Waals surface area contributed by atoms with E-state index >= 15 is 0 Å². The van der Waals surface area contributed by atoms with Crippen molar-refractivity contribution in [3.8, 4) is 21.0 Å². The van der Waals surface area contributed by atoms with Crippen LogP contribution in [-0.2, 0) is 21.6 Å². The zero-order valence-corrected chi connectivity index (χ0v) is 19.6. The van der Waals surface area contributed by atoms with Gasteiger partial charge in [-0.15, -0.1) is 11.3 Å². The summed E-state index contributed by atoms with van der Waals surface area (Å²) in [5, 5.41) is 12.6. The number of thiazole rings is 1. The third-order valence-corrected chi connectivity index (χ3v) is 6.05. The van der Waals surface area contributed by atoms with E-state index in [9.17, 15) is 9.59 Å². The molecule has 3 rings (SSSR count). The Kier molecular flexibility index (Phi) is 7.43. The molecule has 1 amide bonds. The van der Waals surface area contributed by atoms with Crippen LogP contribution in [-0.4, -0.2) is 35.1 Å². The Morgan fingerprint density at radius 1 is 1.09 bits per heavy atom. The van der Waals surface area contributed by atoms with Gasteiger partial charge in [-0.05, 0) is 47.2 Å². The van der Waals surface area contributed by atoms with Crippen LogP contribution >= 0.6 is 11.3 Å². The summed E-state index contributed by atoms with van der Waals surface area (Å²) in [6, 6.07) is 13.0. The number of carboxylic acids is 1. The molecule has 0 spiro atoms. The molecule has 0 aliphatic heterocycles. The lowest BCUT2D eigenvalue weighted by molar-refractivity contribution is -0.126. The average Bonchev–Trinajstić information content (AvgIpc) is 3.24. The maximum absolute atomic E-state index is 11.7. The molecule has 6 nitrogen and oxygen atoms in total. The van der Waals surface area contributed by atoms with Crippen LogP contribution in [0, 0.1) is 0 Å². The third kappa shape index (κ3) is 5.81. The first kappa shape index (κ1) is 23.6. The minimum Gasteiger partial charge on any atom is -0.478 e. The SMILES string of the molecule is CCNC(=O)COCc1ccc(-c2cnc(-c3ccc(C(=O)O)cc3)s2)cc1C(C)(C)C. The highest BCUT2D eigenvalue weighted by atomic mass is 32.1. The molecule has 7 heteroatoms. The Balaban J connectivity index is 1.82. The highest BCUT2D eigenvalue weighted by Gasteiger charge is 2.20. The van der Waals surface area contributed by atoms with Crippen LogP contribution in [0.2, 0.25) is 0 Å². The van der Waals surface area contributed by atoms with E-state index in [2.05, 4.69) is 43.2 Å². The number of benzene rings is 2. The predicted octanol–water partition coefficient (Wildman–Crippen LogP) is 5.13. The highest BCUT2D eigenvalue weighted by molar-refractivity contribution is 7.18. The second kappa shape index (κ2) is 10.1. The summed E-state index contributed by atoms with van der Waals surface area (Å²) in [7, 11) is 0. The fourth-order valence-corrected chi connectivity index (χ4v) is 4.27. The second-order valence-corrected chi connectivity index (χ2v) is 9.51. The number of carbonyl (C=O) groups excluding carboxylic acids is 1. The van der Waals surface area contributed by atoms with Gasteiger partial charge in [0.25, 0.3) is 0 Å². The lowest BCUT2D eigenvalue weighted by atomic mass is 9.83. The summed E-state index contributed by atoms with van der Waals surface area (Å²) in [5.41, 5.74) is 4.32. The Morgan fingerprint density at radius 2 is 1.78 bits per heavy atom. The van der Waals surface area contributed by atoms with E-state index in [4.69, 9.17) is 9.84 Å². The summed E-state index contributed by atoms with van der Waals surface area (Å²) < 4.78 is 5.64. The number of aromatic carboxylic acids is 1. The lowest BCUT2D eigenvalue weighted by Gasteiger charge is -2.24. The smallest absolute Gasteiger partial charge is 0.335 e. The molecule has 1 aromatic heterocycles. The molecule has 0 atom stereocenters. The molecule has 2 aromatic carbocycles. The summed E-state index contributed by atoms with van der Waals surface area (Å²) in [6.07, 6.45) is 1.85. The summed E-state index contributed by atoms with van der Waals surface area (Å²) >= 11 is 1.56. The van der Waals surface area contributed by atoms with E-state index in [-0.39, 0.29) is 23.5 Å². The first-order valence-electron chi connectivity index (χ1n) is 10.5. The number of nitrogens with zero attached hydrogens (tertiary/aromatic N) is 1. The zero-order valence-electron chi connectivity index (χ0n) is 18.8. The lowest BCUT2D eigenvalue weighted by Crippen LogP contribution is -2.27. The van der Waals surface area contributed by atoms with Gasteiger partial charge in [0.2, 0.25) is 5.91 Å². The van der Waals surface area contributed by atoms with Crippen molar-refractivity contribution in [2.24, 2.45) is 0 Å². The second-order valence-electron chi connectivity index (χ2n) is 8.48. The van der Waals surface area contributed by atoms with E-state index in [1.54, 1.807) is 35.6 Å². The summed E-state index contributed by atoms with van der Waals surface area (Å²) in [5.74, 6) is -1.06. The Labute approximate surface area is 192 Å². The minimum atomic E-state index is -0.943. The van der Waals surface area contributed by atoms with Gasteiger partial charge in [-0.1, -0.05) is 45.0 Å². The topological polar surface area (TPSA) is 88.5 Å². The largest absolute Gasteiger partial charge is 0.478 e. The van der Waals surface area contributed by atoms with E-state index in [0.29, 0.717) is 13.2 Å². The van der Waals surface area contributed by atoms with E-state index < -0.39 is 5.97 Å². The van der Waals surface area contributed by atoms with Crippen molar-refractivity contribution in [1.29, 1.82) is 0 Å². The van der Waals surface area contributed by atoms with E-state index in [0.717, 1.165) is 32.1 Å². The molecule has 0 aliphatic carbocycles. The molecule has 0 saturated heterocycles. The Morgan fingerprint density at radius 3 is 2.41 bits per heavy atom. The quantitative estimate of drug-likeness (QED) is 0.495. The Hall–Kier alpha value is -3.03. The van der Waals surface area contributed by atoms with Gasteiger partial charge in [0.05, 0.1) is 17.0 Å². The number of likely N-dealkylation sites (N-methyl/N-ethyl adjacent to an activating group) is 1. The number of amides is 1. The first-order valence-corrected chi connectivity index (χ1v) is 11.3. The van der Waals surface area contributed by atoms with Crippen molar-refractivity contribution in [3.63, 3.8) is 0 Å². The van der Waals surface area contributed by atoms with Crippen LogP contribution < -0.4 is 5.32 Å². The minimum absolute atomic E-state index is 0.0397. The number of carbonyl (C=O) groups is 2. The van der Waals surface area contributed by atoms with Gasteiger partial charge in [-0.25, -0.2) is 9.78 Å². The van der Waals surface area contributed by atoms with Crippen LogP contribution in [0.5, 0.6) is 0 Å². The van der Waals surface area contributed by atoms with Gasteiger partial charge in [0.1, 0.15) is 11.6 Å². The monoisotopic (exact) mass is 452 g/mol. The molecule has 32 heavy (non-hydrogen) atoms. The van der Waals surface area contributed by atoms with Crippen LogP contribution in [0.1, 0.15) is 49.2 Å². The number of carboxylic acid groups (broad SMARTS) is 1. The van der Waals surface area contributed by atoms with Crippen LogP contribution in [0.4, 0.5) is 0 Å². The molecule has 168 valence electrons. The van der Waals surface area contributed by atoms with Crippen LogP contribution in [0.25, 0.3) is 21.0 Å². The molecule has 0 unspecified atom stereocenters. The van der Waals surface area contributed by atoms with Crippen molar-refractivity contribution in [2.45, 2.75) is 39.7 Å². The highest BCUT2D eigenvalue weighted by Crippen LogP contribution is 2.36. The van der Waals surface area contributed by atoms with Crippen molar-refractivity contribution in [2.75, 3.05) is 13.2 Å². The van der Waals surface area contributed by atoms with Gasteiger partial charge in [-0.3, -0.25) is 4.79 Å². The fraction of sp³-hybridized carbons (Fsp3) is 0.320. The molecular weight excluding hydrogens is 424 g/mol. The molecule has 3 aromatic rings. The molecule has 0 saturated carbocycles. The molecule has 0 fully saturated rings. The van der Waals surface area contributed by atoms with Crippen molar-refractivity contribution < 1.29 is 19.4 Å². The van der Waals surface area contributed by atoms with Gasteiger partial charge in [-0.2, -0.15) is 0 Å². The fourth-order valence-electron chi connectivity index (χ4n) is 3.35. The number of ether oxygens (including phenoxy) is 1. The number of aromatic nitrogens is 1. The maximum Gasteiger partial charge on any atom is 0.335 e. The van der Waals surface area contributed by atoms with E-state index in [1.807, 2.05) is 19.2 Å². The standard InChI is InChI=1S/C25H28N2O4S/c1-5-26-22(28)15-31-14-19-11-10-18(12-20(19)25(2,3)4)21-13-27-23(32-21)16-6-8-17(9-7-16)24(29)30/h6-13H,5,14-15H2,1-4H3,(H,26,28)(H,29,30). The zero-order chi connectivity index (χ0) is 23.3. The molecule has 0 aliphatic rings. The number of rotatable bonds is 8. The van der Waals surface area contributed by atoms with Crippen LogP contribution in [0.3, 0.4) is 0 Å². The normalized spacial score (nSPS) is 11.4. The maximum atomic E-state index is 11.7. The average molecular weight is 453 g/mol. The predicted molar refractivity (Wildman–Crippen MR) is 127 cm³/mol. The van der Waals surface area contributed by atoms with Gasteiger partial charge < -0.3 is 15.2 Å². The number of nitrogens with one attached hydrogen (secondary N) is 1. The molecular formula is C25H28N2O4S.